The quantitative estimate of drug-likeness (QED) is 0.657. The van der Waals surface area contributed by atoms with Gasteiger partial charge in [-0.25, -0.2) is 14.4 Å². The highest BCUT2D eigenvalue weighted by molar-refractivity contribution is 5.92. The van der Waals surface area contributed by atoms with Gasteiger partial charge < -0.3 is 15.0 Å². The van der Waals surface area contributed by atoms with Crippen molar-refractivity contribution in [1.82, 2.24) is 19.9 Å². The molecule has 6 rings (SSSR count). The van der Waals surface area contributed by atoms with Gasteiger partial charge in [0.15, 0.2) is 0 Å². The number of ether oxygens (including phenoxy) is 1. The SMILES string of the molecule is COC(=O)C1C2CCC(CC2)[C@@H]1Nc1cncc(-c2c[nH]c3ncc(F)cc23)n1. The Labute approximate surface area is 167 Å². The van der Waals surface area contributed by atoms with Crippen molar-refractivity contribution in [3.63, 3.8) is 0 Å². The van der Waals surface area contributed by atoms with E-state index in [1.54, 1.807) is 18.6 Å². The largest absolute Gasteiger partial charge is 0.469 e. The number of carbonyl (C=O) groups is 1. The molecule has 150 valence electrons. The molecule has 2 bridgehead atoms. The molecule has 1 unspecified atom stereocenters. The van der Waals surface area contributed by atoms with E-state index in [0.717, 1.165) is 31.2 Å². The minimum absolute atomic E-state index is 0.0124. The molecule has 3 fully saturated rings. The number of H-pyrrole nitrogens is 1. The summed E-state index contributed by atoms with van der Waals surface area (Å²) in [5.41, 5.74) is 1.94. The minimum atomic E-state index is -0.403. The third kappa shape index (κ3) is 3.12. The summed E-state index contributed by atoms with van der Waals surface area (Å²) in [5.74, 6) is 0.653. The lowest BCUT2D eigenvalue weighted by molar-refractivity contribution is -0.152. The number of esters is 1. The standard InChI is InChI=1S/C21H22FN5O2/c1-29-21(28)18-11-2-4-12(5-3-11)19(18)27-17-10-23-9-16(26-17)15-8-25-20-14(15)6-13(22)7-24-20/h6-12,18-19H,2-5H2,1H3,(H,24,25)(H,26,27)/t11?,12?,18?,19-/m0/s1. The molecule has 2 atom stereocenters. The third-order valence-corrected chi connectivity index (χ3v) is 6.42. The lowest BCUT2D eigenvalue weighted by Crippen LogP contribution is -2.51. The number of hydrogen-bond acceptors (Lipinski definition) is 6. The summed E-state index contributed by atoms with van der Waals surface area (Å²) in [6.45, 7) is 0. The van der Waals surface area contributed by atoms with Crippen molar-refractivity contribution in [2.45, 2.75) is 31.7 Å². The zero-order chi connectivity index (χ0) is 20.0. The summed E-state index contributed by atoms with van der Waals surface area (Å²) in [7, 11) is 1.45. The van der Waals surface area contributed by atoms with Crippen LogP contribution in [0.2, 0.25) is 0 Å². The van der Waals surface area contributed by atoms with Crippen LogP contribution < -0.4 is 5.32 Å². The van der Waals surface area contributed by atoms with Crippen LogP contribution in [0.15, 0.2) is 30.9 Å². The van der Waals surface area contributed by atoms with Gasteiger partial charge in [0.1, 0.15) is 17.3 Å². The topological polar surface area (TPSA) is 92.8 Å². The predicted octanol–water partition coefficient (Wildman–Crippen LogP) is 3.55. The van der Waals surface area contributed by atoms with Crippen molar-refractivity contribution in [2.24, 2.45) is 17.8 Å². The molecule has 0 aromatic carbocycles. The minimum Gasteiger partial charge on any atom is -0.469 e. The van der Waals surface area contributed by atoms with E-state index in [1.807, 2.05) is 0 Å². The smallest absolute Gasteiger partial charge is 0.311 e. The lowest BCUT2D eigenvalue weighted by Gasteiger charge is -2.47. The number of aromatic amines is 1. The van der Waals surface area contributed by atoms with Crippen LogP contribution in [0.5, 0.6) is 0 Å². The second-order valence-electron chi connectivity index (χ2n) is 7.94. The van der Waals surface area contributed by atoms with Crippen LogP contribution in [-0.4, -0.2) is 39.1 Å². The van der Waals surface area contributed by atoms with Gasteiger partial charge in [-0.1, -0.05) is 0 Å². The number of methoxy groups -OCH3 is 1. The molecule has 0 radical (unpaired) electrons. The summed E-state index contributed by atoms with van der Waals surface area (Å²) in [5, 5.41) is 4.12. The van der Waals surface area contributed by atoms with Gasteiger partial charge in [-0.05, 0) is 43.6 Å². The Morgan fingerprint density at radius 3 is 2.79 bits per heavy atom. The molecule has 3 aromatic rings. The number of aromatic nitrogens is 4. The van der Waals surface area contributed by atoms with E-state index in [0.29, 0.717) is 34.4 Å². The molecule has 3 aliphatic rings. The fourth-order valence-corrected chi connectivity index (χ4v) is 5.06. The van der Waals surface area contributed by atoms with Crippen molar-refractivity contribution in [1.29, 1.82) is 0 Å². The van der Waals surface area contributed by atoms with Crippen LogP contribution in [0.4, 0.5) is 10.2 Å². The molecule has 0 spiro atoms. The fourth-order valence-electron chi connectivity index (χ4n) is 5.06. The van der Waals surface area contributed by atoms with Crippen molar-refractivity contribution in [3.05, 3.63) is 36.7 Å². The first-order chi connectivity index (χ1) is 14.1. The third-order valence-electron chi connectivity index (χ3n) is 6.42. The summed E-state index contributed by atoms with van der Waals surface area (Å²) >= 11 is 0. The Morgan fingerprint density at radius 2 is 2.00 bits per heavy atom. The molecule has 7 nitrogen and oxygen atoms in total. The van der Waals surface area contributed by atoms with Crippen LogP contribution in [0, 0.1) is 23.6 Å². The number of rotatable bonds is 4. The van der Waals surface area contributed by atoms with Crippen LogP contribution in [0.1, 0.15) is 25.7 Å². The maximum Gasteiger partial charge on any atom is 0.311 e. The zero-order valence-electron chi connectivity index (χ0n) is 16.1. The zero-order valence-corrected chi connectivity index (χ0v) is 16.1. The molecule has 3 aliphatic carbocycles. The highest BCUT2D eigenvalue weighted by atomic mass is 19.1. The van der Waals surface area contributed by atoms with Crippen molar-refractivity contribution in [2.75, 3.05) is 12.4 Å². The highest BCUT2D eigenvalue weighted by Crippen LogP contribution is 2.46. The average Bonchev–Trinajstić information content (AvgIpc) is 3.17. The van der Waals surface area contributed by atoms with Crippen LogP contribution in [0.25, 0.3) is 22.3 Å². The monoisotopic (exact) mass is 395 g/mol. The molecule has 8 heteroatoms. The maximum atomic E-state index is 13.7. The molecule has 3 aromatic heterocycles. The van der Waals surface area contributed by atoms with E-state index < -0.39 is 5.82 Å². The van der Waals surface area contributed by atoms with Crippen LogP contribution in [0.3, 0.4) is 0 Å². The first-order valence-electron chi connectivity index (χ1n) is 9.93. The molecule has 0 saturated heterocycles. The summed E-state index contributed by atoms with van der Waals surface area (Å²) < 4.78 is 18.8. The van der Waals surface area contributed by atoms with Crippen LogP contribution in [-0.2, 0) is 9.53 Å². The first kappa shape index (κ1) is 18.0. The Hall–Kier alpha value is -3.03. The van der Waals surface area contributed by atoms with Gasteiger partial charge in [-0.2, -0.15) is 0 Å². The Morgan fingerprint density at radius 1 is 1.21 bits per heavy atom. The number of halogens is 1. The molecule has 3 saturated carbocycles. The maximum absolute atomic E-state index is 13.7. The van der Waals surface area contributed by atoms with E-state index in [4.69, 9.17) is 9.72 Å². The van der Waals surface area contributed by atoms with E-state index in [1.165, 1.54) is 19.4 Å². The van der Waals surface area contributed by atoms with Gasteiger partial charge in [-0.3, -0.25) is 9.78 Å². The van der Waals surface area contributed by atoms with Gasteiger partial charge in [0.2, 0.25) is 0 Å². The number of carbonyl (C=O) groups excluding carboxylic acids is 1. The summed E-state index contributed by atoms with van der Waals surface area (Å²) in [4.78, 5) is 28.6. The first-order valence-corrected chi connectivity index (χ1v) is 9.93. The van der Waals surface area contributed by atoms with Gasteiger partial charge in [-0.15, -0.1) is 0 Å². The summed E-state index contributed by atoms with van der Waals surface area (Å²) in [6.07, 6.45) is 10.6. The molecule has 3 heterocycles. The Balaban J connectivity index is 1.46. The number of anilines is 1. The van der Waals surface area contributed by atoms with Gasteiger partial charge in [0.05, 0.1) is 37.3 Å². The van der Waals surface area contributed by atoms with E-state index >= 15 is 0 Å². The van der Waals surface area contributed by atoms with Gasteiger partial charge in [0.25, 0.3) is 0 Å². The average molecular weight is 395 g/mol. The normalized spacial score (nSPS) is 25.9. The molecule has 29 heavy (non-hydrogen) atoms. The highest BCUT2D eigenvalue weighted by Gasteiger charge is 2.47. The van der Waals surface area contributed by atoms with Gasteiger partial charge in [0, 0.05) is 23.2 Å². The Bertz CT molecular complexity index is 1060. The molecule has 0 amide bonds. The summed E-state index contributed by atoms with van der Waals surface area (Å²) in [6, 6.07) is 1.42. The number of nitrogens with one attached hydrogen (secondary N) is 2. The van der Waals surface area contributed by atoms with Gasteiger partial charge >= 0.3 is 5.97 Å². The van der Waals surface area contributed by atoms with E-state index in [-0.39, 0.29) is 17.9 Å². The molecular formula is C21H22FN5O2. The second kappa shape index (κ2) is 7.09. The second-order valence-corrected chi connectivity index (χ2v) is 7.94. The van der Waals surface area contributed by atoms with Crippen molar-refractivity contribution >= 4 is 22.8 Å². The van der Waals surface area contributed by atoms with E-state index in [2.05, 4.69) is 20.3 Å². The number of pyridine rings is 1. The Kier molecular flexibility index (Phi) is 4.41. The molecular weight excluding hydrogens is 373 g/mol. The number of fused-ring (bicyclic) bond motifs is 4. The number of hydrogen-bond donors (Lipinski definition) is 2. The fraction of sp³-hybridized carbons (Fsp3) is 0.429. The molecule has 0 aliphatic heterocycles. The predicted molar refractivity (Wildman–Crippen MR) is 105 cm³/mol. The van der Waals surface area contributed by atoms with Crippen LogP contribution >= 0.6 is 0 Å². The van der Waals surface area contributed by atoms with Crippen molar-refractivity contribution in [3.8, 4) is 11.3 Å². The number of nitrogens with zero attached hydrogens (tertiary/aromatic N) is 3. The van der Waals surface area contributed by atoms with Crippen molar-refractivity contribution < 1.29 is 13.9 Å². The molecule has 2 N–H and O–H groups in total. The van der Waals surface area contributed by atoms with E-state index in [9.17, 15) is 9.18 Å². The lowest BCUT2D eigenvalue weighted by atomic mass is 9.61.